The highest BCUT2D eigenvalue weighted by molar-refractivity contribution is 5.94. The average molecular weight is 332 g/mol. The van der Waals surface area contributed by atoms with Crippen molar-refractivity contribution in [3.05, 3.63) is 35.4 Å². The summed E-state index contributed by atoms with van der Waals surface area (Å²) in [6, 6.07) is 8.79. The van der Waals surface area contributed by atoms with Crippen LogP contribution in [0.15, 0.2) is 24.3 Å². The zero-order valence-electron chi connectivity index (χ0n) is 15.9. The first-order valence-corrected chi connectivity index (χ1v) is 9.12. The summed E-state index contributed by atoms with van der Waals surface area (Å²) >= 11 is 0. The Morgan fingerprint density at radius 1 is 1.33 bits per heavy atom. The topological polar surface area (TPSA) is 49.6 Å². The maximum Gasteiger partial charge on any atom is 0.253 e. The fourth-order valence-electron chi connectivity index (χ4n) is 3.38. The monoisotopic (exact) mass is 331 g/mol. The Bertz CT molecular complexity index is 551. The van der Waals surface area contributed by atoms with E-state index in [-0.39, 0.29) is 17.4 Å². The van der Waals surface area contributed by atoms with Gasteiger partial charge in [-0.25, -0.2) is 0 Å². The predicted octanol–water partition coefficient (Wildman–Crippen LogP) is 3.12. The van der Waals surface area contributed by atoms with Crippen molar-refractivity contribution >= 4 is 5.91 Å². The normalized spacial score (nSPS) is 20.7. The third-order valence-corrected chi connectivity index (χ3v) is 5.32. The van der Waals surface area contributed by atoms with E-state index in [4.69, 9.17) is 5.73 Å². The van der Waals surface area contributed by atoms with Crippen molar-refractivity contribution in [2.45, 2.75) is 59.7 Å². The van der Waals surface area contributed by atoms with Crippen molar-refractivity contribution in [3.8, 4) is 0 Å². The quantitative estimate of drug-likeness (QED) is 0.902. The van der Waals surface area contributed by atoms with E-state index in [1.807, 2.05) is 17.0 Å². The van der Waals surface area contributed by atoms with Gasteiger partial charge in [-0.1, -0.05) is 32.9 Å². The van der Waals surface area contributed by atoms with Crippen LogP contribution >= 0.6 is 0 Å². The molecule has 2 N–H and O–H groups in total. The lowest BCUT2D eigenvalue weighted by atomic mass is 9.79. The Morgan fingerprint density at radius 2 is 1.96 bits per heavy atom. The Hall–Kier alpha value is -1.39. The first-order chi connectivity index (χ1) is 11.2. The summed E-state index contributed by atoms with van der Waals surface area (Å²) < 4.78 is 0. The molecule has 4 nitrogen and oxygen atoms in total. The third kappa shape index (κ3) is 4.37. The van der Waals surface area contributed by atoms with Gasteiger partial charge in [0.1, 0.15) is 0 Å². The minimum atomic E-state index is -0.0211. The van der Waals surface area contributed by atoms with E-state index in [0.29, 0.717) is 6.04 Å². The Balaban J connectivity index is 2.04. The van der Waals surface area contributed by atoms with E-state index in [1.165, 1.54) is 5.56 Å². The van der Waals surface area contributed by atoms with Crippen LogP contribution in [-0.2, 0) is 6.54 Å². The van der Waals surface area contributed by atoms with Gasteiger partial charge in [0.15, 0.2) is 0 Å². The molecule has 1 amide bonds. The number of amides is 1. The lowest BCUT2D eigenvalue weighted by molar-refractivity contribution is 0.0533. The highest BCUT2D eigenvalue weighted by Crippen LogP contribution is 2.28. The molecule has 0 spiro atoms. The molecule has 0 aliphatic carbocycles. The number of carbonyl (C=O) groups is 1. The number of hydrogen-bond donors (Lipinski definition) is 1. The Labute approximate surface area is 147 Å². The van der Waals surface area contributed by atoms with Crippen molar-refractivity contribution < 1.29 is 4.79 Å². The van der Waals surface area contributed by atoms with Crippen molar-refractivity contribution in [2.24, 2.45) is 11.1 Å². The smallest absolute Gasteiger partial charge is 0.253 e. The molecular formula is C20H33N3O. The highest BCUT2D eigenvalue weighted by Gasteiger charge is 2.35. The fraction of sp³-hybridized carbons (Fsp3) is 0.650. The van der Waals surface area contributed by atoms with Gasteiger partial charge in [-0.3, -0.25) is 9.69 Å². The number of benzene rings is 1. The van der Waals surface area contributed by atoms with Crippen LogP contribution in [0.2, 0.25) is 0 Å². The molecule has 0 radical (unpaired) electrons. The molecule has 2 rings (SSSR count). The van der Waals surface area contributed by atoms with Crippen LogP contribution < -0.4 is 5.73 Å². The van der Waals surface area contributed by atoms with Crippen LogP contribution in [0, 0.1) is 5.41 Å². The molecule has 1 unspecified atom stereocenters. The van der Waals surface area contributed by atoms with Crippen LogP contribution in [0.25, 0.3) is 0 Å². The van der Waals surface area contributed by atoms with Crippen LogP contribution in [0.1, 0.15) is 57.0 Å². The zero-order valence-corrected chi connectivity index (χ0v) is 15.9. The van der Waals surface area contributed by atoms with Crippen molar-refractivity contribution in [3.63, 3.8) is 0 Å². The van der Waals surface area contributed by atoms with Gasteiger partial charge >= 0.3 is 0 Å². The molecule has 1 atom stereocenters. The number of hydrogen-bond acceptors (Lipinski definition) is 3. The minimum absolute atomic E-state index is 0.0211. The molecule has 24 heavy (non-hydrogen) atoms. The average Bonchev–Trinajstić information content (AvgIpc) is 2.54. The van der Waals surface area contributed by atoms with Crippen LogP contribution in [0.3, 0.4) is 0 Å². The van der Waals surface area contributed by atoms with E-state index >= 15 is 0 Å². The third-order valence-electron chi connectivity index (χ3n) is 5.32. The standard InChI is InChI=1S/C20H33N3O/c1-6-22(15(2)3)13-16-7-9-17(10-8-16)19(24)23-12-11-18(21)20(4,5)14-23/h7-10,15,18H,6,11-14,21H2,1-5H3. The SMILES string of the molecule is CCN(Cc1ccc(C(=O)N2CCC(N)C(C)(C)C2)cc1)C(C)C. The number of nitrogens with two attached hydrogens (primary N) is 1. The first-order valence-electron chi connectivity index (χ1n) is 9.12. The summed E-state index contributed by atoms with van der Waals surface area (Å²) in [5.74, 6) is 0.123. The molecule has 1 aromatic rings. The van der Waals surface area contributed by atoms with Crippen LogP contribution in [0.5, 0.6) is 0 Å². The zero-order chi connectivity index (χ0) is 17.9. The van der Waals surface area contributed by atoms with Crippen LogP contribution in [-0.4, -0.2) is 47.4 Å². The first kappa shape index (κ1) is 18.9. The van der Waals surface area contributed by atoms with E-state index in [0.717, 1.165) is 38.2 Å². The van der Waals surface area contributed by atoms with Crippen molar-refractivity contribution in [1.29, 1.82) is 0 Å². The molecule has 1 aromatic carbocycles. The molecule has 0 saturated carbocycles. The number of nitrogens with zero attached hydrogens (tertiary/aromatic N) is 2. The second-order valence-corrected chi connectivity index (χ2v) is 7.96. The maximum atomic E-state index is 12.8. The van der Waals surface area contributed by atoms with Gasteiger partial charge in [0, 0.05) is 37.3 Å². The molecule has 1 fully saturated rings. The van der Waals surface area contributed by atoms with Gasteiger partial charge in [-0.05, 0) is 49.9 Å². The lowest BCUT2D eigenvalue weighted by Gasteiger charge is -2.42. The molecular weight excluding hydrogens is 298 g/mol. The predicted molar refractivity (Wildman–Crippen MR) is 99.9 cm³/mol. The summed E-state index contributed by atoms with van der Waals surface area (Å²) in [5, 5.41) is 0. The Morgan fingerprint density at radius 3 is 2.46 bits per heavy atom. The summed E-state index contributed by atoms with van der Waals surface area (Å²) in [4.78, 5) is 17.1. The van der Waals surface area contributed by atoms with E-state index in [1.54, 1.807) is 0 Å². The van der Waals surface area contributed by atoms with Crippen LogP contribution in [0.4, 0.5) is 0 Å². The highest BCUT2D eigenvalue weighted by atomic mass is 16.2. The number of piperidine rings is 1. The second kappa shape index (κ2) is 7.66. The molecule has 0 bridgehead atoms. The molecule has 1 saturated heterocycles. The van der Waals surface area contributed by atoms with E-state index in [2.05, 4.69) is 51.7 Å². The fourth-order valence-corrected chi connectivity index (χ4v) is 3.38. The van der Waals surface area contributed by atoms with E-state index in [9.17, 15) is 4.79 Å². The van der Waals surface area contributed by atoms with Gasteiger partial charge in [0.05, 0.1) is 0 Å². The Kier molecular flexibility index (Phi) is 6.05. The molecule has 1 heterocycles. The van der Waals surface area contributed by atoms with Crippen molar-refractivity contribution in [2.75, 3.05) is 19.6 Å². The molecule has 134 valence electrons. The molecule has 4 heteroatoms. The number of likely N-dealkylation sites (tertiary alicyclic amines) is 1. The summed E-state index contributed by atoms with van der Waals surface area (Å²) in [7, 11) is 0. The largest absolute Gasteiger partial charge is 0.338 e. The van der Waals surface area contributed by atoms with Gasteiger partial charge < -0.3 is 10.6 Å². The minimum Gasteiger partial charge on any atom is -0.338 e. The van der Waals surface area contributed by atoms with Gasteiger partial charge in [0.2, 0.25) is 0 Å². The number of rotatable bonds is 5. The maximum absolute atomic E-state index is 12.8. The summed E-state index contributed by atoms with van der Waals surface area (Å²) in [6.45, 7) is 14.3. The summed E-state index contributed by atoms with van der Waals surface area (Å²) in [5.41, 5.74) is 8.18. The lowest BCUT2D eigenvalue weighted by Crippen LogP contribution is -2.54. The summed E-state index contributed by atoms with van der Waals surface area (Å²) in [6.07, 6.45) is 0.872. The molecule has 1 aliphatic heterocycles. The van der Waals surface area contributed by atoms with E-state index < -0.39 is 0 Å². The van der Waals surface area contributed by atoms with Gasteiger partial charge in [-0.2, -0.15) is 0 Å². The molecule has 0 aromatic heterocycles. The number of carbonyl (C=O) groups excluding carboxylic acids is 1. The van der Waals surface area contributed by atoms with Crippen molar-refractivity contribution in [1.82, 2.24) is 9.80 Å². The van der Waals surface area contributed by atoms with Gasteiger partial charge in [-0.15, -0.1) is 0 Å². The van der Waals surface area contributed by atoms with Gasteiger partial charge in [0.25, 0.3) is 5.91 Å². The molecule has 1 aliphatic rings. The second-order valence-electron chi connectivity index (χ2n) is 7.96.